The molecule has 0 saturated heterocycles. The molecule has 29 heavy (non-hydrogen) atoms. The largest absolute Gasteiger partial charge is 0.472 e. The number of aromatic nitrogens is 3. The molecule has 0 atom stereocenters. The van der Waals surface area contributed by atoms with Crippen molar-refractivity contribution in [3.8, 4) is 5.88 Å². The van der Waals surface area contributed by atoms with Gasteiger partial charge in [-0.25, -0.2) is 4.39 Å². The van der Waals surface area contributed by atoms with Crippen molar-refractivity contribution in [1.29, 1.82) is 0 Å². The van der Waals surface area contributed by atoms with Gasteiger partial charge >= 0.3 is 0 Å². The molecule has 6 nitrogen and oxygen atoms in total. The Bertz CT molecular complexity index is 975. The maximum absolute atomic E-state index is 13.1. The van der Waals surface area contributed by atoms with Crippen LogP contribution in [0.5, 0.6) is 5.88 Å². The number of halogens is 2. The lowest BCUT2D eigenvalue weighted by Gasteiger charge is -2.27. The summed E-state index contributed by atoms with van der Waals surface area (Å²) in [7, 11) is 0. The number of nitrogens with zero attached hydrogens (tertiary/aromatic N) is 4. The lowest BCUT2D eigenvalue weighted by molar-refractivity contribution is 0.0706. The molecule has 0 spiro atoms. The first kappa shape index (κ1) is 20.8. The summed E-state index contributed by atoms with van der Waals surface area (Å²) >= 11 is 6.08. The molecule has 0 aliphatic carbocycles. The highest BCUT2D eigenvalue weighted by Gasteiger charge is 2.23. The lowest BCUT2D eigenvalue weighted by atomic mass is 10.1. The van der Waals surface area contributed by atoms with E-state index in [0.29, 0.717) is 36.1 Å². The monoisotopic (exact) mass is 416 g/mol. The van der Waals surface area contributed by atoms with Crippen molar-refractivity contribution in [2.75, 3.05) is 6.54 Å². The number of carbonyl (C=O) groups is 1. The minimum Gasteiger partial charge on any atom is -0.472 e. The Morgan fingerprint density at radius 1 is 1.21 bits per heavy atom. The molecule has 3 aromatic rings. The van der Waals surface area contributed by atoms with E-state index in [9.17, 15) is 9.18 Å². The van der Waals surface area contributed by atoms with Crippen LogP contribution in [0.1, 0.15) is 35.5 Å². The van der Waals surface area contributed by atoms with E-state index in [1.807, 2.05) is 24.6 Å². The van der Waals surface area contributed by atoms with E-state index in [2.05, 4.69) is 10.1 Å². The predicted molar refractivity (Wildman–Crippen MR) is 108 cm³/mol. The summed E-state index contributed by atoms with van der Waals surface area (Å²) in [5.74, 6) is -0.0122. The summed E-state index contributed by atoms with van der Waals surface area (Å²) in [5, 5.41) is 4.96. The number of rotatable bonds is 4. The van der Waals surface area contributed by atoms with Crippen molar-refractivity contribution < 1.29 is 13.9 Å². The summed E-state index contributed by atoms with van der Waals surface area (Å²) in [6, 6.07) is 9.18. The van der Waals surface area contributed by atoms with E-state index in [4.69, 9.17) is 16.3 Å². The molecule has 1 amide bonds. The molecule has 0 saturated carbocycles. The molecular weight excluding hydrogens is 395 g/mol. The summed E-state index contributed by atoms with van der Waals surface area (Å²) in [6.45, 7) is 5.81. The number of fused-ring (bicyclic) bond motifs is 1. The van der Waals surface area contributed by atoms with E-state index >= 15 is 0 Å². The van der Waals surface area contributed by atoms with Crippen molar-refractivity contribution in [3.05, 3.63) is 76.5 Å². The van der Waals surface area contributed by atoms with Gasteiger partial charge in [0.15, 0.2) is 0 Å². The Morgan fingerprint density at radius 3 is 2.69 bits per heavy atom. The number of hydrogen-bond donors (Lipinski definition) is 0. The van der Waals surface area contributed by atoms with Crippen molar-refractivity contribution in [3.63, 3.8) is 0 Å². The van der Waals surface area contributed by atoms with Gasteiger partial charge in [0.25, 0.3) is 5.91 Å². The molecule has 0 N–H and O–H groups in total. The van der Waals surface area contributed by atoms with Gasteiger partial charge in [-0.05, 0) is 30.3 Å². The first-order valence-electron chi connectivity index (χ1n) is 9.43. The number of hydrogen-bond acceptors (Lipinski definition) is 4. The predicted octanol–water partition coefficient (Wildman–Crippen LogP) is 4.33. The molecule has 0 bridgehead atoms. The Balaban J connectivity index is 0.00000117. The summed E-state index contributed by atoms with van der Waals surface area (Å²) < 4.78 is 20.6. The number of benzene rings is 1. The van der Waals surface area contributed by atoms with Gasteiger partial charge in [-0.15, -0.1) is 5.10 Å². The normalized spacial score (nSPS) is 12.6. The topological polar surface area (TPSA) is 60.2 Å². The zero-order valence-corrected chi connectivity index (χ0v) is 17.1. The van der Waals surface area contributed by atoms with E-state index in [1.165, 1.54) is 24.3 Å². The molecule has 3 heterocycles. The van der Waals surface area contributed by atoms with E-state index < -0.39 is 0 Å². The fourth-order valence-electron chi connectivity index (χ4n) is 2.93. The third-order valence-electron chi connectivity index (χ3n) is 4.39. The third-order valence-corrected chi connectivity index (χ3v) is 4.73. The number of amides is 1. The average Bonchev–Trinajstić information content (AvgIpc) is 3.17. The van der Waals surface area contributed by atoms with Crippen molar-refractivity contribution in [1.82, 2.24) is 19.7 Å². The number of carbonyl (C=O) groups excluding carboxylic acids is 1. The van der Waals surface area contributed by atoms with Crippen LogP contribution in [0.25, 0.3) is 0 Å². The molecule has 8 heteroatoms. The van der Waals surface area contributed by atoms with Crippen LogP contribution in [0, 0.1) is 5.82 Å². The highest BCUT2D eigenvalue weighted by atomic mass is 35.5. The minimum absolute atomic E-state index is 0.131. The van der Waals surface area contributed by atoms with Gasteiger partial charge in [0.05, 0.1) is 23.8 Å². The van der Waals surface area contributed by atoms with Crippen molar-refractivity contribution >= 4 is 17.5 Å². The molecule has 0 radical (unpaired) electrons. The Labute approximate surface area is 173 Å². The van der Waals surface area contributed by atoms with Crippen LogP contribution in [0.15, 0.2) is 48.8 Å². The molecule has 0 fully saturated rings. The van der Waals surface area contributed by atoms with Gasteiger partial charge in [-0.2, -0.15) is 0 Å². The molecule has 4 rings (SSSR count). The standard InChI is InChI=1S/C19H16ClFN4O2.C2H6/c20-17-10-22-6-5-14(17)12-27-18-9-16-11-24(7-8-25(16)23-18)19(26)13-1-3-15(21)4-2-13;1-2/h1-6,9-10H,7-8,11-12H2;1-2H3. The maximum Gasteiger partial charge on any atom is 0.254 e. The second-order valence-corrected chi connectivity index (χ2v) is 6.59. The summed E-state index contributed by atoms with van der Waals surface area (Å²) in [6.07, 6.45) is 3.22. The zero-order valence-electron chi connectivity index (χ0n) is 16.3. The number of pyridine rings is 1. The quantitative estimate of drug-likeness (QED) is 0.635. The summed E-state index contributed by atoms with van der Waals surface area (Å²) in [4.78, 5) is 18.3. The summed E-state index contributed by atoms with van der Waals surface area (Å²) in [5.41, 5.74) is 2.17. The van der Waals surface area contributed by atoms with E-state index in [1.54, 1.807) is 23.4 Å². The SMILES string of the molecule is CC.O=C(c1ccc(F)cc1)N1CCn2nc(OCc3ccncc3Cl)cc2C1. The highest BCUT2D eigenvalue weighted by molar-refractivity contribution is 6.31. The van der Waals surface area contributed by atoms with Gasteiger partial charge in [-0.1, -0.05) is 25.4 Å². The van der Waals surface area contributed by atoms with Gasteiger partial charge < -0.3 is 9.64 Å². The molecule has 0 unspecified atom stereocenters. The first-order chi connectivity index (χ1) is 14.1. The lowest BCUT2D eigenvalue weighted by Crippen LogP contribution is -2.38. The highest BCUT2D eigenvalue weighted by Crippen LogP contribution is 2.22. The molecule has 1 aliphatic rings. The second kappa shape index (κ2) is 9.52. The molecule has 152 valence electrons. The van der Waals surface area contributed by atoms with Crippen LogP contribution in [-0.2, 0) is 19.7 Å². The van der Waals surface area contributed by atoms with Gasteiger partial charge in [0, 0.05) is 36.1 Å². The van der Waals surface area contributed by atoms with Gasteiger partial charge in [0.2, 0.25) is 5.88 Å². The Morgan fingerprint density at radius 2 is 1.97 bits per heavy atom. The van der Waals surface area contributed by atoms with Crippen LogP contribution in [0.4, 0.5) is 4.39 Å². The fraction of sp³-hybridized carbons (Fsp3) is 0.286. The van der Waals surface area contributed by atoms with E-state index in [0.717, 1.165) is 11.3 Å². The smallest absolute Gasteiger partial charge is 0.254 e. The minimum atomic E-state index is -0.362. The average molecular weight is 417 g/mol. The van der Waals surface area contributed by atoms with Crippen molar-refractivity contribution in [2.24, 2.45) is 0 Å². The zero-order chi connectivity index (χ0) is 20.8. The Hall–Kier alpha value is -2.93. The van der Waals surface area contributed by atoms with Crippen LogP contribution < -0.4 is 4.74 Å². The van der Waals surface area contributed by atoms with Gasteiger partial charge in [0.1, 0.15) is 12.4 Å². The fourth-order valence-corrected chi connectivity index (χ4v) is 3.11. The first-order valence-corrected chi connectivity index (χ1v) is 9.81. The van der Waals surface area contributed by atoms with Crippen LogP contribution in [-0.4, -0.2) is 32.1 Å². The van der Waals surface area contributed by atoms with Crippen LogP contribution in [0.3, 0.4) is 0 Å². The molecule has 2 aromatic heterocycles. The Kier molecular flexibility index (Phi) is 6.82. The van der Waals surface area contributed by atoms with Gasteiger partial charge in [-0.3, -0.25) is 14.5 Å². The molecule has 1 aliphatic heterocycles. The van der Waals surface area contributed by atoms with Crippen molar-refractivity contribution in [2.45, 2.75) is 33.5 Å². The maximum atomic E-state index is 13.1. The van der Waals surface area contributed by atoms with E-state index in [-0.39, 0.29) is 18.3 Å². The molecule has 1 aromatic carbocycles. The second-order valence-electron chi connectivity index (χ2n) is 6.19. The number of ether oxygens (including phenoxy) is 1. The third kappa shape index (κ3) is 4.92. The van der Waals surface area contributed by atoms with Crippen LogP contribution in [0.2, 0.25) is 5.02 Å². The molecular formula is C21H22ClFN4O2. The van der Waals surface area contributed by atoms with Crippen LogP contribution >= 0.6 is 11.6 Å².